The van der Waals surface area contributed by atoms with E-state index in [9.17, 15) is 40.3 Å². The molecule has 0 bridgehead atoms. The van der Waals surface area contributed by atoms with Crippen LogP contribution in [0.1, 0.15) is 39.3 Å². The highest BCUT2D eigenvalue weighted by molar-refractivity contribution is 7.19. The Hall–Kier alpha value is -4.09. The van der Waals surface area contributed by atoms with E-state index in [-0.39, 0.29) is 35.3 Å². The highest BCUT2D eigenvalue weighted by Crippen LogP contribution is 2.37. The van der Waals surface area contributed by atoms with E-state index in [0.29, 0.717) is 11.5 Å². The van der Waals surface area contributed by atoms with Crippen LogP contribution < -0.4 is 20.9 Å². The SMILES string of the molecule is Cn1ncc(NCc2nc(-c3c(F)cccc3F)sc2NC(=O)OC(C)(C)C)c1N1CCC(NC(=O)C(F)(F)F)C(F)(F)CC1. The highest BCUT2D eigenvalue weighted by atomic mass is 32.1. The molecular formula is C27H30F7N7O3S. The van der Waals surface area contributed by atoms with E-state index in [1.165, 1.54) is 34.2 Å². The average molecular weight is 666 g/mol. The Labute approximate surface area is 256 Å². The van der Waals surface area contributed by atoms with Gasteiger partial charge in [0.05, 0.1) is 35.7 Å². The maximum atomic E-state index is 14.8. The number of anilines is 3. The number of hydrogen-bond acceptors (Lipinski definition) is 8. The quantitative estimate of drug-likeness (QED) is 0.263. The van der Waals surface area contributed by atoms with Crippen molar-refractivity contribution in [3.63, 3.8) is 0 Å². The average Bonchev–Trinajstić information content (AvgIpc) is 3.42. The number of alkyl halides is 5. The second-order valence-corrected chi connectivity index (χ2v) is 12.2. The lowest BCUT2D eigenvalue weighted by Gasteiger charge is -2.25. The van der Waals surface area contributed by atoms with Crippen LogP contribution in [0.4, 0.5) is 52.0 Å². The molecule has 1 aliphatic heterocycles. The Morgan fingerprint density at radius 3 is 2.42 bits per heavy atom. The minimum atomic E-state index is -5.31. The van der Waals surface area contributed by atoms with Crippen molar-refractivity contribution < 1.29 is 45.1 Å². The van der Waals surface area contributed by atoms with Crippen LogP contribution in [-0.2, 0) is 23.1 Å². The summed E-state index contributed by atoms with van der Waals surface area (Å²) < 4.78 is 104. The van der Waals surface area contributed by atoms with Crippen LogP contribution in [-0.4, -0.2) is 63.6 Å². The predicted octanol–water partition coefficient (Wildman–Crippen LogP) is 6.06. The van der Waals surface area contributed by atoms with Gasteiger partial charge in [0.25, 0.3) is 5.92 Å². The number of aromatic nitrogens is 3. The molecule has 1 saturated heterocycles. The zero-order chi connectivity index (χ0) is 33.3. The molecule has 3 N–H and O–H groups in total. The largest absolute Gasteiger partial charge is 0.471 e. The van der Waals surface area contributed by atoms with Crippen molar-refractivity contribution in [2.75, 3.05) is 28.6 Å². The van der Waals surface area contributed by atoms with E-state index < -0.39 is 65.8 Å². The van der Waals surface area contributed by atoms with Crippen molar-refractivity contribution in [2.45, 2.75) is 63.9 Å². The maximum absolute atomic E-state index is 14.8. The summed E-state index contributed by atoms with van der Waals surface area (Å²) in [4.78, 5) is 29.7. The normalized spacial score (nSPS) is 17.0. The summed E-state index contributed by atoms with van der Waals surface area (Å²) in [6, 6.07) is 1.27. The van der Waals surface area contributed by atoms with Gasteiger partial charge in [-0.3, -0.25) is 14.8 Å². The van der Waals surface area contributed by atoms with Crippen LogP contribution in [0.3, 0.4) is 0 Å². The summed E-state index contributed by atoms with van der Waals surface area (Å²) in [7, 11) is 1.53. The number of benzene rings is 1. The third-order valence-corrected chi connectivity index (χ3v) is 7.65. The Balaban J connectivity index is 1.58. The zero-order valence-corrected chi connectivity index (χ0v) is 25.3. The van der Waals surface area contributed by atoms with Gasteiger partial charge in [0.2, 0.25) is 0 Å². The summed E-state index contributed by atoms with van der Waals surface area (Å²) in [5.74, 6) is -7.50. The molecule has 0 saturated carbocycles. The number of carbonyl (C=O) groups is 2. The van der Waals surface area contributed by atoms with Gasteiger partial charge in [-0.25, -0.2) is 27.3 Å². The fourth-order valence-corrected chi connectivity index (χ4v) is 5.60. The molecule has 0 aliphatic carbocycles. The van der Waals surface area contributed by atoms with Gasteiger partial charge in [0.1, 0.15) is 33.1 Å². The fraction of sp³-hybridized carbons (Fsp3) is 0.481. The summed E-state index contributed by atoms with van der Waals surface area (Å²) in [5, 5.41) is 11.2. The van der Waals surface area contributed by atoms with E-state index in [2.05, 4.69) is 20.7 Å². The van der Waals surface area contributed by atoms with E-state index in [0.717, 1.165) is 23.5 Å². The molecular weight excluding hydrogens is 635 g/mol. The smallest absolute Gasteiger partial charge is 0.444 e. The molecule has 3 aromatic rings. The molecule has 1 aromatic carbocycles. The van der Waals surface area contributed by atoms with Crippen LogP contribution in [0.25, 0.3) is 10.6 Å². The Bertz CT molecular complexity index is 1530. The number of halogens is 7. The maximum Gasteiger partial charge on any atom is 0.471 e. The van der Waals surface area contributed by atoms with Gasteiger partial charge >= 0.3 is 18.2 Å². The third-order valence-electron chi connectivity index (χ3n) is 6.62. The molecule has 10 nitrogen and oxygen atoms in total. The molecule has 4 rings (SSSR count). The lowest BCUT2D eigenvalue weighted by Crippen LogP contribution is -2.51. The lowest BCUT2D eigenvalue weighted by molar-refractivity contribution is -0.177. The first-order valence-electron chi connectivity index (χ1n) is 13.6. The van der Waals surface area contributed by atoms with E-state index >= 15 is 0 Å². The van der Waals surface area contributed by atoms with E-state index in [1.807, 2.05) is 0 Å². The molecule has 2 amide bonds. The van der Waals surface area contributed by atoms with Crippen molar-refractivity contribution >= 4 is 39.8 Å². The third kappa shape index (κ3) is 8.15. The van der Waals surface area contributed by atoms with Crippen LogP contribution >= 0.6 is 11.3 Å². The van der Waals surface area contributed by atoms with E-state index in [1.54, 1.807) is 20.8 Å². The fourth-order valence-electron chi connectivity index (χ4n) is 4.58. The van der Waals surface area contributed by atoms with Crippen molar-refractivity contribution in [1.82, 2.24) is 20.1 Å². The molecule has 1 fully saturated rings. The van der Waals surface area contributed by atoms with Crippen LogP contribution in [0.5, 0.6) is 0 Å². The zero-order valence-electron chi connectivity index (χ0n) is 24.5. The van der Waals surface area contributed by atoms with Gasteiger partial charge in [-0.2, -0.15) is 18.3 Å². The Morgan fingerprint density at radius 2 is 1.80 bits per heavy atom. The summed E-state index contributed by atoms with van der Waals surface area (Å²) in [5.41, 5.74) is -0.777. The highest BCUT2D eigenvalue weighted by Gasteiger charge is 2.47. The second-order valence-electron chi connectivity index (χ2n) is 11.2. The van der Waals surface area contributed by atoms with Crippen LogP contribution in [0.2, 0.25) is 0 Å². The Morgan fingerprint density at radius 1 is 1.13 bits per heavy atom. The summed E-state index contributed by atoms with van der Waals surface area (Å²) in [6.45, 7) is 4.39. The lowest BCUT2D eigenvalue weighted by atomic mass is 10.1. The monoisotopic (exact) mass is 665 g/mol. The van der Waals surface area contributed by atoms with Crippen molar-refractivity contribution in [2.24, 2.45) is 7.05 Å². The second kappa shape index (κ2) is 12.7. The number of hydrogen-bond donors (Lipinski definition) is 3. The van der Waals surface area contributed by atoms with Crippen molar-refractivity contribution in [1.29, 1.82) is 0 Å². The first-order valence-corrected chi connectivity index (χ1v) is 14.4. The minimum Gasteiger partial charge on any atom is -0.444 e. The summed E-state index contributed by atoms with van der Waals surface area (Å²) in [6.07, 6.45) is -6.12. The molecule has 0 spiro atoms. The first-order chi connectivity index (χ1) is 20.9. The van der Waals surface area contributed by atoms with Crippen LogP contribution in [0, 0.1) is 11.6 Å². The molecule has 45 heavy (non-hydrogen) atoms. The van der Waals surface area contributed by atoms with Gasteiger partial charge in [0.15, 0.2) is 0 Å². The number of aryl methyl sites for hydroxylation is 1. The molecule has 246 valence electrons. The number of ether oxygens (including phenoxy) is 1. The van der Waals surface area contributed by atoms with Gasteiger partial charge in [-0.15, -0.1) is 0 Å². The van der Waals surface area contributed by atoms with Gasteiger partial charge in [-0.05, 0) is 39.3 Å². The number of nitrogens with one attached hydrogen (secondary N) is 3. The predicted molar refractivity (Wildman–Crippen MR) is 152 cm³/mol. The molecule has 0 radical (unpaired) electrons. The number of carbonyl (C=O) groups excluding carboxylic acids is 2. The summed E-state index contributed by atoms with van der Waals surface area (Å²) >= 11 is 0.805. The molecule has 3 heterocycles. The van der Waals surface area contributed by atoms with Crippen LogP contribution in [0.15, 0.2) is 24.4 Å². The standard InChI is InChI=1S/C27H30F7N7O3S/c1-25(2,3)44-24(43)39-20-16(37-21(45-20)19-14(28)6-5-7-15(19)29)12-35-17-13-36-40(4)22(17)41-10-8-18(26(30,31)9-11-41)38-23(42)27(32,33)34/h5-7,13,18,35H,8-12H2,1-4H3,(H,38,42)(H,39,43). The van der Waals surface area contributed by atoms with Gasteiger partial charge in [-0.1, -0.05) is 17.4 Å². The molecule has 1 unspecified atom stereocenters. The van der Waals surface area contributed by atoms with Gasteiger partial charge in [0, 0.05) is 26.6 Å². The molecule has 18 heteroatoms. The molecule has 1 atom stereocenters. The minimum absolute atomic E-state index is 0.0680. The molecule has 2 aromatic heterocycles. The topological polar surface area (TPSA) is 113 Å². The number of rotatable bonds is 7. The number of amides is 2. The van der Waals surface area contributed by atoms with Gasteiger partial charge < -0.3 is 20.3 Å². The Kier molecular flexibility index (Phi) is 9.56. The molecule has 1 aliphatic rings. The van der Waals surface area contributed by atoms with Crippen molar-refractivity contribution in [3.05, 3.63) is 41.7 Å². The van der Waals surface area contributed by atoms with E-state index in [4.69, 9.17) is 4.74 Å². The first kappa shape index (κ1) is 33.8. The number of thiazole rings is 1. The van der Waals surface area contributed by atoms with Crippen molar-refractivity contribution in [3.8, 4) is 10.6 Å². The number of nitrogens with zero attached hydrogens (tertiary/aromatic N) is 4.